The summed E-state index contributed by atoms with van der Waals surface area (Å²) in [6.45, 7) is 12.0. The van der Waals surface area contributed by atoms with Gasteiger partial charge in [-0.3, -0.25) is 0 Å². The number of hydrogen-bond acceptors (Lipinski definition) is 1. The molecule has 0 saturated carbocycles. The Morgan fingerprint density at radius 1 is 0.600 bits per heavy atom. The van der Waals surface area contributed by atoms with Gasteiger partial charge < -0.3 is 33.6 Å². The smallest absolute Gasteiger partial charge is 0.102 e. The van der Waals surface area contributed by atoms with Gasteiger partial charge in [0.2, 0.25) is 0 Å². The van der Waals surface area contributed by atoms with Crippen molar-refractivity contribution in [3.8, 4) is 0 Å². The first-order valence-corrected chi connectivity index (χ1v) is 8.70. The standard InChI is InChI=1S/C17H38NO.HI/c1-4-7-10-12-15-18(16-17-19,13-9-6-3)14-11-8-5-2;/h19H,4-17H2,1-3H3;1H/q+1;/p-1. The van der Waals surface area contributed by atoms with Crippen LogP contribution in [0.5, 0.6) is 0 Å². The fourth-order valence-corrected chi connectivity index (χ4v) is 2.95. The quantitative estimate of drug-likeness (QED) is 0.266. The Bertz CT molecular complexity index is 190. The molecule has 0 radical (unpaired) electrons. The third-order valence-corrected chi connectivity index (χ3v) is 4.28. The summed E-state index contributed by atoms with van der Waals surface area (Å²) in [5.41, 5.74) is 0. The summed E-state index contributed by atoms with van der Waals surface area (Å²) in [4.78, 5) is 0. The molecule has 0 fully saturated rings. The van der Waals surface area contributed by atoms with Gasteiger partial charge in [0.25, 0.3) is 0 Å². The number of quaternary nitrogens is 1. The molecule has 20 heavy (non-hydrogen) atoms. The van der Waals surface area contributed by atoms with E-state index in [1.807, 2.05) is 0 Å². The molecule has 0 aliphatic carbocycles. The molecule has 0 aromatic rings. The van der Waals surface area contributed by atoms with Gasteiger partial charge in [0, 0.05) is 0 Å². The van der Waals surface area contributed by atoms with Gasteiger partial charge in [0.1, 0.15) is 6.54 Å². The zero-order valence-electron chi connectivity index (χ0n) is 14.2. The third kappa shape index (κ3) is 11.3. The lowest BCUT2D eigenvalue weighted by Gasteiger charge is -2.39. The van der Waals surface area contributed by atoms with Crippen LogP contribution in [0.15, 0.2) is 0 Å². The van der Waals surface area contributed by atoms with E-state index in [4.69, 9.17) is 0 Å². The van der Waals surface area contributed by atoms with E-state index in [0.717, 1.165) is 6.54 Å². The number of hydrogen-bond donors (Lipinski definition) is 1. The molecule has 3 heteroatoms. The average molecular weight is 399 g/mol. The largest absolute Gasteiger partial charge is 1.00 e. The van der Waals surface area contributed by atoms with Crippen LogP contribution in [0.4, 0.5) is 0 Å². The van der Waals surface area contributed by atoms with Crippen LogP contribution in [-0.2, 0) is 0 Å². The zero-order valence-corrected chi connectivity index (χ0v) is 16.3. The molecule has 1 N–H and O–H groups in total. The molecule has 0 rings (SSSR count). The van der Waals surface area contributed by atoms with Gasteiger partial charge in [-0.15, -0.1) is 0 Å². The van der Waals surface area contributed by atoms with E-state index in [1.165, 1.54) is 81.9 Å². The zero-order chi connectivity index (χ0) is 14.4. The third-order valence-electron chi connectivity index (χ3n) is 4.28. The minimum Gasteiger partial charge on any atom is -1.00 e. The second-order valence-corrected chi connectivity index (χ2v) is 6.08. The molecule has 0 aromatic heterocycles. The Morgan fingerprint density at radius 2 is 1.05 bits per heavy atom. The minimum absolute atomic E-state index is 0. The first-order valence-electron chi connectivity index (χ1n) is 8.70. The van der Waals surface area contributed by atoms with E-state index in [2.05, 4.69) is 20.8 Å². The lowest BCUT2D eigenvalue weighted by Crippen LogP contribution is -3.00. The van der Waals surface area contributed by atoms with Crippen molar-refractivity contribution in [3.05, 3.63) is 0 Å². The van der Waals surface area contributed by atoms with Gasteiger partial charge in [-0.1, -0.05) is 46.5 Å². The molecule has 0 aromatic carbocycles. The molecular weight excluding hydrogens is 361 g/mol. The molecule has 0 spiro atoms. The monoisotopic (exact) mass is 399 g/mol. The number of aliphatic hydroxyl groups excluding tert-OH is 1. The molecule has 124 valence electrons. The second kappa shape index (κ2) is 16.0. The highest BCUT2D eigenvalue weighted by atomic mass is 127. The van der Waals surface area contributed by atoms with Crippen molar-refractivity contribution in [2.24, 2.45) is 0 Å². The van der Waals surface area contributed by atoms with Crippen LogP contribution in [0.1, 0.15) is 78.6 Å². The predicted octanol–water partition coefficient (Wildman–Crippen LogP) is 1.37. The molecule has 0 bridgehead atoms. The van der Waals surface area contributed by atoms with Gasteiger partial charge in [-0.25, -0.2) is 0 Å². The van der Waals surface area contributed by atoms with Crippen molar-refractivity contribution in [1.29, 1.82) is 0 Å². The highest BCUT2D eigenvalue weighted by molar-refractivity contribution is 4.50. The number of unbranched alkanes of at least 4 members (excludes halogenated alkanes) is 6. The number of aliphatic hydroxyl groups is 1. The number of halogens is 1. The van der Waals surface area contributed by atoms with Crippen molar-refractivity contribution in [1.82, 2.24) is 0 Å². The molecule has 1 atom stereocenters. The Morgan fingerprint density at radius 3 is 1.55 bits per heavy atom. The van der Waals surface area contributed by atoms with Crippen LogP contribution in [-0.4, -0.2) is 42.4 Å². The fourth-order valence-electron chi connectivity index (χ4n) is 2.95. The Labute approximate surface area is 144 Å². The molecule has 0 saturated heterocycles. The summed E-state index contributed by atoms with van der Waals surface area (Å²) in [6, 6.07) is 0. The van der Waals surface area contributed by atoms with E-state index in [-0.39, 0.29) is 24.0 Å². The molecular formula is C17H38INO. The lowest BCUT2D eigenvalue weighted by molar-refractivity contribution is -0.929. The molecule has 2 nitrogen and oxygen atoms in total. The molecule has 0 amide bonds. The maximum atomic E-state index is 9.44. The van der Waals surface area contributed by atoms with E-state index >= 15 is 0 Å². The first-order chi connectivity index (χ1) is 9.24. The number of nitrogens with zero attached hydrogens (tertiary/aromatic N) is 1. The summed E-state index contributed by atoms with van der Waals surface area (Å²) in [5.74, 6) is 0. The maximum Gasteiger partial charge on any atom is 0.102 e. The molecule has 0 aliphatic heterocycles. The van der Waals surface area contributed by atoms with Crippen LogP contribution in [0, 0.1) is 0 Å². The Balaban J connectivity index is 0. The summed E-state index contributed by atoms with van der Waals surface area (Å²) in [5, 5.41) is 9.44. The van der Waals surface area contributed by atoms with Crippen LogP contribution < -0.4 is 24.0 Å². The van der Waals surface area contributed by atoms with Crippen LogP contribution >= 0.6 is 0 Å². The first kappa shape index (κ1) is 22.9. The van der Waals surface area contributed by atoms with Crippen LogP contribution in [0.3, 0.4) is 0 Å². The Kier molecular flexibility index (Phi) is 18.4. The summed E-state index contributed by atoms with van der Waals surface area (Å²) >= 11 is 0. The van der Waals surface area contributed by atoms with E-state index in [0.29, 0.717) is 6.61 Å². The van der Waals surface area contributed by atoms with Crippen molar-refractivity contribution in [3.63, 3.8) is 0 Å². The van der Waals surface area contributed by atoms with Gasteiger partial charge in [-0.05, 0) is 32.1 Å². The maximum absolute atomic E-state index is 9.44. The normalized spacial score (nSPS) is 13.8. The number of rotatable bonds is 14. The highest BCUT2D eigenvalue weighted by Gasteiger charge is 2.25. The fraction of sp³-hybridized carbons (Fsp3) is 1.00. The minimum atomic E-state index is 0. The SMILES string of the molecule is CCCCCC[N+](CCO)(CCCC)CCCCC.[I-]. The summed E-state index contributed by atoms with van der Waals surface area (Å²) in [7, 11) is 0. The molecule has 0 heterocycles. The summed E-state index contributed by atoms with van der Waals surface area (Å²) in [6.07, 6.45) is 11.9. The van der Waals surface area contributed by atoms with Crippen LogP contribution in [0.2, 0.25) is 0 Å². The van der Waals surface area contributed by atoms with E-state index in [1.54, 1.807) is 0 Å². The molecule has 1 unspecified atom stereocenters. The lowest BCUT2D eigenvalue weighted by atomic mass is 10.1. The topological polar surface area (TPSA) is 20.2 Å². The average Bonchev–Trinajstić information content (AvgIpc) is 2.42. The van der Waals surface area contributed by atoms with Crippen molar-refractivity contribution in [2.45, 2.75) is 78.6 Å². The van der Waals surface area contributed by atoms with Crippen molar-refractivity contribution >= 4 is 0 Å². The van der Waals surface area contributed by atoms with Crippen LogP contribution in [0.25, 0.3) is 0 Å². The van der Waals surface area contributed by atoms with Gasteiger partial charge in [0.15, 0.2) is 0 Å². The van der Waals surface area contributed by atoms with E-state index in [9.17, 15) is 5.11 Å². The van der Waals surface area contributed by atoms with Crippen molar-refractivity contribution in [2.75, 3.05) is 32.8 Å². The van der Waals surface area contributed by atoms with Gasteiger partial charge >= 0.3 is 0 Å². The van der Waals surface area contributed by atoms with Gasteiger partial charge in [-0.2, -0.15) is 0 Å². The predicted molar refractivity (Wildman–Crippen MR) is 85.4 cm³/mol. The second-order valence-electron chi connectivity index (χ2n) is 6.08. The summed E-state index contributed by atoms with van der Waals surface area (Å²) < 4.78 is 1.17. The molecule has 0 aliphatic rings. The van der Waals surface area contributed by atoms with Gasteiger partial charge in [0.05, 0.1) is 26.2 Å². The highest BCUT2D eigenvalue weighted by Crippen LogP contribution is 2.15. The van der Waals surface area contributed by atoms with Crippen molar-refractivity contribution < 1.29 is 33.6 Å². The van der Waals surface area contributed by atoms with E-state index < -0.39 is 0 Å². The Hall–Kier alpha value is 0.650.